The third-order valence-electron chi connectivity index (χ3n) is 8.01. The predicted octanol–water partition coefficient (Wildman–Crippen LogP) is 6.85. The first kappa shape index (κ1) is 36.3. The molecule has 2 N–H and O–H groups in total. The van der Waals surface area contributed by atoms with Crippen molar-refractivity contribution in [2.75, 3.05) is 9.80 Å². The molecule has 4 rings (SSSR count). The summed E-state index contributed by atoms with van der Waals surface area (Å²) in [5, 5.41) is 19.5. The van der Waals surface area contributed by atoms with E-state index < -0.39 is 132 Å². The van der Waals surface area contributed by atoms with Crippen LogP contribution in [0.1, 0.15) is 47.9 Å². The molecule has 0 radical (unpaired) electrons. The largest absolute Gasteiger partial charge is 0.481 e. The van der Waals surface area contributed by atoms with Crippen molar-refractivity contribution >= 4 is 35.1 Å². The van der Waals surface area contributed by atoms with Gasteiger partial charge in [-0.25, -0.2) is 0 Å². The van der Waals surface area contributed by atoms with Crippen LogP contribution in [0.15, 0.2) is 36.4 Å². The average Bonchev–Trinajstić information content (AvgIpc) is 3.45. The van der Waals surface area contributed by atoms with Gasteiger partial charge >= 0.3 is 36.6 Å². The zero-order valence-corrected chi connectivity index (χ0v) is 23.6. The van der Waals surface area contributed by atoms with E-state index in [2.05, 4.69) is 0 Å². The van der Waals surface area contributed by atoms with E-state index in [-0.39, 0.29) is 36.4 Å². The molecule has 2 aromatic rings. The van der Waals surface area contributed by atoms with Crippen LogP contribution in [0.25, 0.3) is 0 Å². The van der Waals surface area contributed by atoms with Gasteiger partial charge in [-0.3, -0.25) is 19.2 Å². The minimum atomic E-state index is -5.37. The van der Waals surface area contributed by atoms with Gasteiger partial charge in [0.1, 0.15) is 0 Å². The summed E-state index contributed by atoms with van der Waals surface area (Å²) in [5.74, 6) is -9.63. The molecule has 2 aliphatic heterocycles. The van der Waals surface area contributed by atoms with E-state index in [0.29, 0.717) is 9.80 Å². The number of carboxylic acids is 2. The van der Waals surface area contributed by atoms with Crippen molar-refractivity contribution in [2.24, 2.45) is 11.8 Å². The van der Waals surface area contributed by atoms with Crippen LogP contribution >= 0.6 is 0 Å². The van der Waals surface area contributed by atoms with Crippen molar-refractivity contribution < 1.29 is 82.1 Å². The van der Waals surface area contributed by atoms with Gasteiger partial charge in [-0.1, -0.05) is 0 Å². The summed E-state index contributed by atoms with van der Waals surface area (Å²) in [6.07, 6.45) is -24.9. The molecule has 2 aromatic carbocycles. The summed E-state index contributed by atoms with van der Waals surface area (Å²) in [6.45, 7) is 0. The lowest BCUT2D eigenvalue weighted by molar-refractivity contribution is -0.144. The molecule has 20 heteroatoms. The third kappa shape index (κ3) is 7.30. The van der Waals surface area contributed by atoms with Crippen LogP contribution in [0.5, 0.6) is 0 Å². The van der Waals surface area contributed by atoms with Crippen LogP contribution in [0.4, 0.5) is 64.1 Å². The second kappa shape index (κ2) is 12.2. The molecule has 262 valence electrons. The number of aliphatic carboxylic acids is 2. The summed E-state index contributed by atoms with van der Waals surface area (Å²) in [5.41, 5.74) is -9.50. The molecule has 2 fully saturated rings. The van der Waals surface area contributed by atoms with Crippen molar-refractivity contribution in [3.63, 3.8) is 0 Å². The quantitative estimate of drug-likeness (QED) is 0.304. The van der Waals surface area contributed by atoms with E-state index in [1.165, 1.54) is 0 Å². The van der Waals surface area contributed by atoms with Crippen LogP contribution in [0.2, 0.25) is 0 Å². The number of rotatable bonds is 7. The average molecular weight is 708 g/mol. The van der Waals surface area contributed by atoms with Crippen LogP contribution in [-0.4, -0.2) is 46.0 Å². The van der Waals surface area contributed by atoms with Gasteiger partial charge in [0.15, 0.2) is 0 Å². The fraction of sp³-hybridized carbons (Fsp3) is 0.429. The number of alkyl halides is 12. The number of benzene rings is 2. The van der Waals surface area contributed by atoms with Crippen molar-refractivity contribution in [1.29, 1.82) is 0 Å². The van der Waals surface area contributed by atoms with Crippen molar-refractivity contribution in [3.05, 3.63) is 58.7 Å². The SMILES string of the molecule is O=C(O)C1CC(=O)N(c2cc(C(F)(F)F)cc(C(F)(F)F)c2)C1CCC1C(C(=O)O)CC(=O)N1c1cc(C(F)(F)F)cc(C(F)(F)F)c1. The summed E-state index contributed by atoms with van der Waals surface area (Å²) in [4.78, 5) is 50.6. The van der Waals surface area contributed by atoms with Gasteiger partial charge in [-0.05, 0) is 49.2 Å². The topological polar surface area (TPSA) is 115 Å². The minimum absolute atomic E-state index is 0.150. The Labute approximate surface area is 260 Å². The number of halogens is 12. The van der Waals surface area contributed by atoms with Gasteiger partial charge in [0.05, 0.1) is 46.2 Å². The molecule has 2 amide bonds. The van der Waals surface area contributed by atoms with Gasteiger partial charge in [0, 0.05) is 24.2 Å². The maximum Gasteiger partial charge on any atom is 0.416 e. The molecule has 2 heterocycles. The lowest BCUT2D eigenvalue weighted by atomic mass is 9.90. The highest BCUT2D eigenvalue weighted by Crippen LogP contribution is 2.44. The number of carbonyl (C=O) groups excluding carboxylic acids is 2. The van der Waals surface area contributed by atoms with E-state index in [9.17, 15) is 82.1 Å². The molecule has 0 saturated carbocycles. The second-order valence-corrected chi connectivity index (χ2v) is 11.1. The van der Waals surface area contributed by atoms with Gasteiger partial charge < -0.3 is 20.0 Å². The first-order chi connectivity index (χ1) is 21.8. The molecule has 0 bridgehead atoms. The molecule has 48 heavy (non-hydrogen) atoms. The normalized spacial score (nSPS) is 22.5. The molecule has 2 aliphatic rings. The summed E-state index contributed by atoms with van der Waals surface area (Å²) in [7, 11) is 0. The van der Waals surface area contributed by atoms with Gasteiger partial charge in [0.25, 0.3) is 0 Å². The summed E-state index contributed by atoms with van der Waals surface area (Å²) < 4.78 is 162. The molecule has 4 atom stereocenters. The van der Waals surface area contributed by atoms with E-state index in [1.54, 1.807) is 0 Å². The van der Waals surface area contributed by atoms with Crippen LogP contribution in [0, 0.1) is 11.8 Å². The van der Waals surface area contributed by atoms with Gasteiger partial charge in [-0.2, -0.15) is 52.7 Å². The summed E-state index contributed by atoms with van der Waals surface area (Å²) >= 11 is 0. The zero-order valence-electron chi connectivity index (χ0n) is 23.6. The Morgan fingerprint density at radius 1 is 0.542 bits per heavy atom. The molecule has 2 saturated heterocycles. The van der Waals surface area contributed by atoms with Crippen LogP contribution < -0.4 is 9.80 Å². The molecule has 4 unspecified atom stereocenters. The van der Waals surface area contributed by atoms with Crippen LogP contribution in [-0.2, 0) is 43.9 Å². The number of amides is 2. The number of anilines is 2. The number of nitrogens with zero attached hydrogens (tertiary/aromatic N) is 2. The third-order valence-corrected chi connectivity index (χ3v) is 8.01. The number of hydrogen-bond acceptors (Lipinski definition) is 4. The van der Waals surface area contributed by atoms with Crippen LogP contribution in [0.3, 0.4) is 0 Å². The Balaban J connectivity index is 1.81. The van der Waals surface area contributed by atoms with Crippen molar-refractivity contribution in [1.82, 2.24) is 0 Å². The van der Waals surface area contributed by atoms with E-state index in [1.807, 2.05) is 0 Å². The Morgan fingerprint density at radius 3 is 1.00 bits per heavy atom. The highest BCUT2D eigenvalue weighted by atomic mass is 19.4. The second-order valence-electron chi connectivity index (χ2n) is 11.1. The maximum atomic E-state index is 13.5. The Morgan fingerprint density at radius 2 is 0.792 bits per heavy atom. The highest BCUT2D eigenvalue weighted by molar-refractivity contribution is 6.01. The number of hydrogen-bond donors (Lipinski definition) is 2. The standard InChI is InChI=1S/C28H20F12N2O6/c29-25(30,31)11-3-12(26(32,33)34)6-15(5-11)41-19(17(23(45)46)9-21(41)43)1-2-20-18(24(47)48)10-22(44)42(20)16-7-13(27(35,36)37)4-14(8-16)28(38,39)40/h3-8,17-20H,1-2,9-10H2,(H,45,46)(H,47,48). The first-order valence-corrected chi connectivity index (χ1v) is 13.5. The molecule has 8 nitrogen and oxygen atoms in total. The summed E-state index contributed by atoms with van der Waals surface area (Å²) in [6, 6.07) is -3.49. The van der Waals surface area contributed by atoms with E-state index >= 15 is 0 Å². The lowest BCUT2D eigenvalue weighted by Crippen LogP contribution is -2.42. The lowest BCUT2D eigenvalue weighted by Gasteiger charge is -2.32. The monoisotopic (exact) mass is 708 g/mol. The number of carbonyl (C=O) groups is 4. The molecule has 0 aromatic heterocycles. The zero-order chi connectivity index (χ0) is 36.3. The smallest absolute Gasteiger partial charge is 0.416 e. The van der Waals surface area contributed by atoms with Crippen molar-refractivity contribution in [3.8, 4) is 0 Å². The number of carboxylic acid groups (broad SMARTS) is 2. The Kier molecular flexibility index (Phi) is 9.21. The Bertz CT molecular complexity index is 1450. The van der Waals surface area contributed by atoms with Gasteiger partial charge in [-0.15, -0.1) is 0 Å². The first-order valence-electron chi connectivity index (χ1n) is 13.5. The molecular formula is C28H20F12N2O6. The Hall–Kier alpha value is -4.52. The maximum absolute atomic E-state index is 13.5. The molecule has 0 aliphatic carbocycles. The minimum Gasteiger partial charge on any atom is -0.481 e. The molecular weight excluding hydrogens is 688 g/mol. The fourth-order valence-electron chi connectivity index (χ4n) is 5.91. The predicted molar refractivity (Wildman–Crippen MR) is 136 cm³/mol. The van der Waals surface area contributed by atoms with Gasteiger partial charge in [0.2, 0.25) is 11.8 Å². The van der Waals surface area contributed by atoms with E-state index in [4.69, 9.17) is 0 Å². The van der Waals surface area contributed by atoms with E-state index in [0.717, 1.165) is 0 Å². The molecule has 0 spiro atoms. The fourth-order valence-corrected chi connectivity index (χ4v) is 5.91. The highest BCUT2D eigenvalue weighted by Gasteiger charge is 2.50. The van der Waals surface area contributed by atoms with Crippen molar-refractivity contribution in [2.45, 2.75) is 62.5 Å².